The molecule has 1 N–H and O–H groups in total. The van der Waals surface area contributed by atoms with Gasteiger partial charge in [0.15, 0.2) is 0 Å². The molecule has 0 aliphatic heterocycles. The Kier molecular flexibility index (Phi) is 3.39. The van der Waals surface area contributed by atoms with Crippen molar-refractivity contribution in [1.82, 2.24) is 9.78 Å². The molecule has 0 atom stereocenters. The number of rotatable bonds is 4. The van der Waals surface area contributed by atoms with E-state index < -0.39 is 0 Å². The summed E-state index contributed by atoms with van der Waals surface area (Å²) in [4.78, 5) is 11.3. The van der Waals surface area contributed by atoms with Crippen molar-refractivity contribution in [2.75, 3.05) is 13.7 Å². The largest absolute Gasteiger partial charge is 0.465 e. The van der Waals surface area contributed by atoms with Crippen LogP contribution in [-0.2, 0) is 11.3 Å². The summed E-state index contributed by atoms with van der Waals surface area (Å²) in [6, 6.07) is 5.26. The Bertz CT molecular complexity index is 534. The lowest BCUT2D eigenvalue weighted by Crippen LogP contribution is -2.01. The second-order valence-corrected chi connectivity index (χ2v) is 3.73. The number of ether oxygens (including phenoxy) is 1. The number of nitrogens with zero attached hydrogens (tertiary/aromatic N) is 2. The summed E-state index contributed by atoms with van der Waals surface area (Å²) < 4.78 is 6.42. The Hall–Kier alpha value is -1.88. The lowest BCUT2D eigenvalue weighted by Gasteiger charge is -1.97. The maximum atomic E-state index is 11.3. The Morgan fingerprint density at radius 1 is 1.53 bits per heavy atom. The lowest BCUT2D eigenvalue weighted by atomic mass is 10.2. The van der Waals surface area contributed by atoms with Gasteiger partial charge in [0.05, 0.1) is 18.2 Å². The molecule has 5 nitrogen and oxygen atoms in total. The number of methoxy groups -OCH3 is 1. The molecular formula is C12H14N2O3. The summed E-state index contributed by atoms with van der Waals surface area (Å²) in [5.41, 5.74) is 1.25. The molecule has 90 valence electrons. The van der Waals surface area contributed by atoms with Gasteiger partial charge in [-0.15, -0.1) is 0 Å². The summed E-state index contributed by atoms with van der Waals surface area (Å²) in [7, 11) is 1.35. The van der Waals surface area contributed by atoms with Crippen LogP contribution in [-0.4, -0.2) is 34.6 Å². The maximum absolute atomic E-state index is 11.3. The van der Waals surface area contributed by atoms with E-state index in [-0.39, 0.29) is 12.6 Å². The Morgan fingerprint density at radius 2 is 2.35 bits per heavy atom. The molecule has 0 aliphatic rings. The molecule has 5 heteroatoms. The molecule has 0 aliphatic carbocycles. The first-order valence-electron chi connectivity index (χ1n) is 5.41. The average Bonchev–Trinajstić information content (AvgIpc) is 2.76. The first kappa shape index (κ1) is 11.6. The van der Waals surface area contributed by atoms with Crippen LogP contribution in [0.3, 0.4) is 0 Å². The van der Waals surface area contributed by atoms with Crippen molar-refractivity contribution >= 4 is 16.9 Å². The van der Waals surface area contributed by atoms with Gasteiger partial charge in [0.1, 0.15) is 0 Å². The van der Waals surface area contributed by atoms with E-state index in [0.29, 0.717) is 18.5 Å². The number of aryl methyl sites for hydroxylation is 1. The predicted octanol–water partition coefficient (Wildman–Crippen LogP) is 1.21. The molecule has 0 spiro atoms. The number of hydrogen-bond acceptors (Lipinski definition) is 4. The molecule has 0 amide bonds. The quantitative estimate of drug-likeness (QED) is 0.807. The van der Waals surface area contributed by atoms with Gasteiger partial charge in [0, 0.05) is 24.7 Å². The van der Waals surface area contributed by atoms with Crippen LogP contribution in [0.25, 0.3) is 10.9 Å². The second kappa shape index (κ2) is 4.97. The van der Waals surface area contributed by atoms with Crippen molar-refractivity contribution in [1.29, 1.82) is 0 Å². The Morgan fingerprint density at radius 3 is 3.06 bits per heavy atom. The highest BCUT2D eigenvalue weighted by molar-refractivity contribution is 5.94. The first-order chi connectivity index (χ1) is 8.24. The van der Waals surface area contributed by atoms with E-state index in [4.69, 9.17) is 5.11 Å². The zero-order valence-electron chi connectivity index (χ0n) is 9.59. The fraction of sp³-hybridized carbons (Fsp3) is 0.333. The van der Waals surface area contributed by atoms with Gasteiger partial charge in [-0.2, -0.15) is 5.10 Å². The number of aliphatic hydroxyl groups excluding tert-OH is 1. The number of esters is 1. The highest BCUT2D eigenvalue weighted by Gasteiger charge is 2.08. The van der Waals surface area contributed by atoms with Crippen LogP contribution in [0.2, 0.25) is 0 Å². The van der Waals surface area contributed by atoms with E-state index in [1.165, 1.54) is 7.11 Å². The molecule has 0 saturated heterocycles. The summed E-state index contributed by atoms with van der Waals surface area (Å²) in [5, 5.41) is 14.0. The summed E-state index contributed by atoms with van der Waals surface area (Å²) >= 11 is 0. The molecule has 2 aromatic rings. The molecule has 2 rings (SSSR count). The van der Waals surface area contributed by atoms with Gasteiger partial charge in [0.2, 0.25) is 0 Å². The smallest absolute Gasteiger partial charge is 0.337 e. The van der Waals surface area contributed by atoms with Crippen LogP contribution in [0, 0.1) is 0 Å². The third kappa shape index (κ3) is 2.45. The number of aliphatic hydroxyl groups is 1. The predicted molar refractivity (Wildman–Crippen MR) is 62.8 cm³/mol. The topological polar surface area (TPSA) is 64.3 Å². The van der Waals surface area contributed by atoms with Crippen molar-refractivity contribution in [3.8, 4) is 0 Å². The average molecular weight is 234 g/mol. The summed E-state index contributed by atoms with van der Waals surface area (Å²) in [6.07, 6.45) is 2.56. The number of carbonyl (C=O) groups is 1. The van der Waals surface area contributed by atoms with Crippen LogP contribution in [0.1, 0.15) is 16.8 Å². The van der Waals surface area contributed by atoms with E-state index in [9.17, 15) is 4.79 Å². The first-order valence-corrected chi connectivity index (χ1v) is 5.41. The van der Waals surface area contributed by atoms with Gasteiger partial charge in [-0.3, -0.25) is 4.68 Å². The number of aromatic nitrogens is 2. The Balaban J connectivity index is 2.31. The zero-order chi connectivity index (χ0) is 12.3. The lowest BCUT2D eigenvalue weighted by molar-refractivity contribution is 0.0601. The van der Waals surface area contributed by atoms with Crippen LogP contribution in [0.5, 0.6) is 0 Å². The monoisotopic (exact) mass is 234 g/mol. The van der Waals surface area contributed by atoms with Gasteiger partial charge >= 0.3 is 5.97 Å². The molecule has 1 aromatic heterocycles. The van der Waals surface area contributed by atoms with Gasteiger partial charge < -0.3 is 9.84 Å². The highest BCUT2D eigenvalue weighted by atomic mass is 16.5. The minimum Gasteiger partial charge on any atom is -0.465 e. The van der Waals surface area contributed by atoms with Gasteiger partial charge in [-0.05, 0) is 18.6 Å². The summed E-state index contributed by atoms with van der Waals surface area (Å²) in [5.74, 6) is -0.364. The van der Waals surface area contributed by atoms with Gasteiger partial charge in [-0.25, -0.2) is 4.79 Å². The van der Waals surface area contributed by atoms with Crippen molar-refractivity contribution in [2.45, 2.75) is 13.0 Å². The van der Waals surface area contributed by atoms with Crippen molar-refractivity contribution in [3.05, 3.63) is 30.0 Å². The molecule has 0 radical (unpaired) electrons. The molecule has 0 fully saturated rings. The number of benzene rings is 1. The number of carbonyl (C=O) groups excluding carboxylic acids is 1. The Labute approximate surface area is 98.6 Å². The molecule has 0 unspecified atom stereocenters. The van der Waals surface area contributed by atoms with Crippen molar-refractivity contribution in [3.63, 3.8) is 0 Å². The minimum absolute atomic E-state index is 0.142. The van der Waals surface area contributed by atoms with E-state index in [0.717, 1.165) is 10.9 Å². The van der Waals surface area contributed by atoms with E-state index >= 15 is 0 Å². The van der Waals surface area contributed by atoms with E-state index in [1.807, 2.05) is 12.3 Å². The third-order valence-electron chi connectivity index (χ3n) is 2.52. The molecular weight excluding hydrogens is 220 g/mol. The van der Waals surface area contributed by atoms with Crippen molar-refractivity contribution < 1.29 is 14.6 Å². The standard InChI is InChI=1S/C12H14N2O3/c1-17-12(16)9-3-4-10-8-14(5-2-6-15)13-11(10)7-9/h3-4,7-8,15H,2,5-6H2,1H3. The fourth-order valence-corrected chi connectivity index (χ4v) is 1.66. The number of hydrogen-bond donors (Lipinski definition) is 1. The maximum Gasteiger partial charge on any atom is 0.337 e. The van der Waals surface area contributed by atoms with Crippen LogP contribution < -0.4 is 0 Å². The van der Waals surface area contributed by atoms with Crippen LogP contribution >= 0.6 is 0 Å². The van der Waals surface area contributed by atoms with E-state index in [2.05, 4.69) is 9.84 Å². The fourth-order valence-electron chi connectivity index (χ4n) is 1.66. The number of fused-ring (bicyclic) bond motifs is 1. The molecule has 0 bridgehead atoms. The third-order valence-corrected chi connectivity index (χ3v) is 2.52. The highest BCUT2D eigenvalue weighted by Crippen LogP contribution is 2.15. The zero-order valence-corrected chi connectivity index (χ0v) is 9.59. The van der Waals surface area contributed by atoms with Gasteiger partial charge in [0.25, 0.3) is 0 Å². The molecule has 1 heterocycles. The van der Waals surface area contributed by atoms with Gasteiger partial charge in [-0.1, -0.05) is 6.07 Å². The summed E-state index contributed by atoms with van der Waals surface area (Å²) in [6.45, 7) is 0.808. The normalized spacial score (nSPS) is 10.7. The molecule has 1 aromatic carbocycles. The van der Waals surface area contributed by atoms with E-state index in [1.54, 1.807) is 16.8 Å². The second-order valence-electron chi connectivity index (χ2n) is 3.73. The molecule has 0 saturated carbocycles. The minimum atomic E-state index is -0.364. The van der Waals surface area contributed by atoms with Crippen LogP contribution in [0.15, 0.2) is 24.4 Å². The SMILES string of the molecule is COC(=O)c1ccc2cn(CCCO)nc2c1. The molecule has 17 heavy (non-hydrogen) atoms. The van der Waals surface area contributed by atoms with Crippen molar-refractivity contribution in [2.24, 2.45) is 0 Å². The van der Waals surface area contributed by atoms with Crippen LogP contribution in [0.4, 0.5) is 0 Å².